The zero-order valence-electron chi connectivity index (χ0n) is 11.4. The largest absolute Gasteiger partial charge is 0.0620 e. The Labute approximate surface area is 105 Å². The molecule has 92 valence electrons. The molecule has 0 heteroatoms. The van der Waals surface area contributed by atoms with Crippen LogP contribution < -0.4 is 0 Å². The average Bonchev–Trinajstić information content (AvgIpc) is 2.59. The highest BCUT2D eigenvalue weighted by molar-refractivity contribution is 5.42. The maximum Gasteiger partial charge on any atom is -0.0172 e. The summed E-state index contributed by atoms with van der Waals surface area (Å²) in [7, 11) is 0. The first-order chi connectivity index (χ1) is 8.06. The van der Waals surface area contributed by atoms with Gasteiger partial charge < -0.3 is 0 Å². The topological polar surface area (TPSA) is 0 Å². The molecular formula is C17H24. The van der Waals surface area contributed by atoms with Crippen molar-refractivity contribution in [1.82, 2.24) is 0 Å². The van der Waals surface area contributed by atoms with Crippen LogP contribution in [0.2, 0.25) is 0 Å². The first kappa shape index (κ1) is 8.99. The van der Waals surface area contributed by atoms with Crippen molar-refractivity contribution in [3.05, 3.63) is 0 Å². The van der Waals surface area contributed by atoms with Crippen molar-refractivity contribution in [3.8, 4) is 0 Å². The third kappa shape index (κ3) is 0.490. The van der Waals surface area contributed by atoms with Crippen molar-refractivity contribution in [2.75, 3.05) is 0 Å². The second-order valence-corrected chi connectivity index (χ2v) is 9.24. The lowest BCUT2D eigenvalue weighted by Gasteiger charge is -2.86. The molecule has 17 heavy (non-hydrogen) atoms. The molecular weight excluding hydrogens is 204 g/mol. The molecule has 0 aromatic carbocycles. The van der Waals surface area contributed by atoms with Crippen LogP contribution in [0.4, 0.5) is 0 Å². The summed E-state index contributed by atoms with van der Waals surface area (Å²) in [4.78, 5) is 0. The summed E-state index contributed by atoms with van der Waals surface area (Å²) < 4.78 is 0. The zero-order chi connectivity index (χ0) is 11.4. The Morgan fingerprint density at radius 1 is 0.941 bits per heavy atom. The van der Waals surface area contributed by atoms with Gasteiger partial charge >= 0.3 is 0 Å². The Morgan fingerprint density at radius 3 is 2.53 bits per heavy atom. The molecule has 0 nitrogen and oxygen atoms in total. The van der Waals surface area contributed by atoms with E-state index in [2.05, 4.69) is 20.8 Å². The highest BCUT2D eigenvalue weighted by Gasteiger charge is 2.95. The fourth-order valence-corrected chi connectivity index (χ4v) is 9.20. The summed E-state index contributed by atoms with van der Waals surface area (Å²) in [6.07, 6.45) is 6.53. The standard InChI is InChI=1S/C17H24/c1-8-4-11-13-12-6-9-5-10-7-16(11,15(8,2)3)14(13)17(9,10)12/h8-14H,4-7H2,1-3H3. The lowest BCUT2D eigenvalue weighted by molar-refractivity contribution is -0.394. The van der Waals surface area contributed by atoms with Crippen LogP contribution in [-0.4, -0.2) is 0 Å². The SMILES string of the molecule is CC1CC2C3C4CC5CC6CC2(C3C564)C1(C)C. The van der Waals surface area contributed by atoms with Crippen LogP contribution in [0.25, 0.3) is 0 Å². The van der Waals surface area contributed by atoms with Gasteiger partial charge in [0.2, 0.25) is 0 Å². The molecule has 0 heterocycles. The van der Waals surface area contributed by atoms with Gasteiger partial charge in [-0.3, -0.25) is 0 Å². The van der Waals surface area contributed by atoms with Crippen molar-refractivity contribution < 1.29 is 0 Å². The van der Waals surface area contributed by atoms with Gasteiger partial charge in [-0.1, -0.05) is 20.8 Å². The molecule has 6 fully saturated rings. The van der Waals surface area contributed by atoms with Gasteiger partial charge in [0.15, 0.2) is 0 Å². The van der Waals surface area contributed by atoms with Gasteiger partial charge in [0, 0.05) is 0 Å². The number of hydrogen-bond donors (Lipinski definition) is 0. The van der Waals surface area contributed by atoms with E-state index in [1.165, 1.54) is 35.5 Å². The molecule has 6 saturated carbocycles. The minimum absolute atomic E-state index is 0.663. The van der Waals surface area contributed by atoms with E-state index < -0.39 is 0 Å². The molecule has 6 rings (SSSR count). The molecule has 6 aliphatic rings. The van der Waals surface area contributed by atoms with Crippen molar-refractivity contribution in [1.29, 1.82) is 0 Å². The predicted octanol–water partition coefficient (Wildman–Crippen LogP) is 3.96. The molecule has 2 spiro atoms. The van der Waals surface area contributed by atoms with E-state index in [1.807, 2.05) is 0 Å². The molecule has 9 unspecified atom stereocenters. The number of rotatable bonds is 0. The van der Waals surface area contributed by atoms with Crippen LogP contribution >= 0.6 is 0 Å². The van der Waals surface area contributed by atoms with Crippen LogP contribution in [0.5, 0.6) is 0 Å². The van der Waals surface area contributed by atoms with Gasteiger partial charge in [-0.15, -0.1) is 0 Å². The molecule has 0 bridgehead atoms. The number of fused-ring (bicyclic) bond motifs is 2. The normalized spacial score (nSPS) is 78.9. The predicted molar refractivity (Wildman–Crippen MR) is 67.2 cm³/mol. The van der Waals surface area contributed by atoms with Crippen molar-refractivity contribution in [2.24, 2.45) is 57.7 Å². The molecule has 9 atom stereocenters. The van der Waals surface area contributed by atoms with Gasteiger partial charge in [-0.25, -0.2) is 0 Å². The summed E-state index contributed by atoms with van der Waals surface area (Å²) in [6, 6.07) is 0. The highest BCUT2D eigenvalue weighted by Crippen LogP contribution is 3.00. The summed E-state index contributed by atoms with van der Waals surface area (Å²) in [5, 5.41) is 0. The fourth-order valence-electron chi connectivity index (χ4n) is 9.20. The highest BCUT2D eigenvalue weighted by atomic mass is 15.0. The Balaban J connectivity index is 1.59. The maximum absolute atomic E-state index is 2.64. The second-order valence-electron chi connectivity index (χ2n) is 9.24. The fraction of sp³-hybridized carbons (Fsp3) is 1.00. The van der Waals surface area contributed by atoms with E-state index in [4.69, 9.17) is 0 Å². The number of hydrogen-bond acceptors (Lipinski definition) is 0. The first-order valence-corrected chi connectivity index (χ1v) is 8.06. The van der Waals surface area contributed by atoms with Crippen LogP contribution in [-0.2, 0) is 0 Å². The summed E-state index contributed by atoms with van der Waals surface area (Å²) in [6.45, 7) is 7.83. The lowest BCUT2D eigenvalue weighted by atomic mass is 9.18. The molecule has 0 radical (unpaired) electrons. The molecule has 0 aromatic heterocycles. The molecule has 6 aliphatic carbocycles. The van der Waals surface area contributed by atoms with E-state index in [0.717, 1.165) is 16.7 Å². The molecule has 0 aromatic rings. The van der Waals surface area contributed by atoms with E-state index >= 15 is 0 Å². The Bertz CT molecular complexity index is 463. The van der Waals surface area contributed by atoms with Gasteiger partial charge in [0.05, 0.1) is 0 Å². The third-order valence-electron chi connectivity index (χ3n) is 9.86. The summed E-state index contributed by atoms with van der Waals surface area (Å²) in [5.41, 5.74) is 2.48. The van der Waals surface area contributed by atoms with Gasteiger partial charge in [-0.05, 0) is 83.4 Å². The quantitative estimate of drug-likeness (QED) is 0.588. The van der Waals surface area contributed by atoms with Gasteiger partial charge in [0.25, 0.3) is 0 Å². The Hall–Kier alpha value is 0. The third-order valence-corrected chi connectivity index (χ3v) is 9.86. The van der Waals surface area contributed by atoms with Crippen LogP contribution in [0, 0.1) is 57.7 Å². The monoisotopic (exact) mass is 228 g/mol. The van der Waals surface area contributed by atoms with Crippen molar-refractivity contribution >= 4 is 0 Å². The van der Waals surface area contributed by atoms with Crippen LogP contribution in [0.15, 0.2) is 0 Å². The van der Waals surface area contributed by atoms with Crippen molar-refractivity contribution in [3.63, 3.8) is 0 Å². The zero-order valence-corrected chi connectivity index (χ0v) is 11.4. The van der Waals surface area contributed by atoms with E-state index in [-0.39, 0.29) is 0 Å². The van der Waals surface area contributed by atoms with Gasteiger partial charge in [0.1, 0.15) is 0 Å². The minimum Gasteiger partial charge on any atom is -0.0620 e. The summed E-state index contributed by atoms with van der Waals surface area (Å²) in [5.74, 6) is 8.25. The van der Waals surface area contributed by atoms with E-state index in [1.54, 1.807) is 25.7 Å². The van der Waals surface area contributed by atoms with Crippen LogP contribution in [0.1, 0.15) is 46.5 Å². The smallest absolute Gasteiger partial charge is 0.0172 e. The molecule has 0 saturated heterocycles. The molecule has 0 amide bonds. The average molecular weight is 228 g/mol. The van der Waals surface area contributed by atoms with E-state index in [9.17, 15) is 0 Å². The Morgan fingerprint density at radius 2 is 1.76 bits per heavy atom. The lowest BCUT2D eigenvalue weighted by Crippen LogP contribution is -2.82. The second kappa shape index (κ2) is 1.95. The van der Waals surface area contributed by atoms with E-state index in [0.29, 0.717) is 5.41 Å². The molecule has 0 N–H and O–H groups in total. The minimum atomic E-state index is 0.663. The van der Waals surface area contributed by atoms with Crippen molar-refractivity contribution in [2.45, 2.75) is 46.5 Å². The summed E-state index contributed by atoms with van der Waals surface area (Å²) >= 11 is 0. The Kier molecular flexibility index (Phi) is 1.03. The van der Waals surface area contributed by atoms with Gasteiger partial charge in [-0.2, -0.15) is 0 Å². The molecule has 0 aliphatic heterocycles. The maximum atomic E-state index is 2.64. The first-order valence-electron chi connectivity index (χ1n) is 8.06. The van der Waals surface area contributed by atoms with Crippen LogP contribution in [0.3, 0.4) is 0 Å².